The lowest BCUT2D eigenvalue weighted by Crippen LogP contribution is -2.34. The number of hydrogen-bond acceptors (Lipinski definition) is 6. The Morgan fingerprint density at radius 1 is 1.08 bits per heavy atom. The standard InChI is InChI=1S/C27H30ClN5O4/c1-17-13-23(25(15-22(17)28)37-20-7-10-30-11-8-20)33-27(35)32-16-18-3-5-19(6-4-18)36-21-9-12-31-24(14-21)26(34)29-2/h3-6,9,12-15,20,30H,7-8,10-11,16H2,1-2H3,(H,29,34)(H2,32,33,35). The van der Waals surface area contributed by atoms with Gasteiger partial charge >= 0.3 is 6.03 Å². The molecule has 4 N–H and O–H groups in total. The fourth-order valence-corrected chi connectivity index (χ4v) is 3.99. The first-order chi connectivity index (χ1) is 17.9. The predicted octanol–water partition coefficient (Wildman–Crippen LogP) is 4.65. The fraction of sp³-hybridized carbons (Fsp3) is 0.296. The third-order valence-electron chi connectivity index (χ3n) is 5.89. The Morgan fingerprint density at radius 2 is 1.84 bits per heavy atom. The lowest BCUT2D eigenvalue weighted by atomic mass is 10.1. The molecule has 0 bridgehead atoms. The van der Waals surface area contributed by atoms with Gasteiger partial charge < -0.3 is 30.7 Å². The van der Waals surface area contributed by atoms with Crippen LogP contribution < -0.4 is 30.7 Å². The summed E-state index contributed by atoms with van der Waals surface area (Å²) in [5, 5.41) is 12.2. The summed E-state index contributed by atoms with van der Waals surface area (Å²) in [6.45, 7) is 4.00. The van der Waals surface area contributed by atoms with Crippen LogP contribution in [-0.4, -0.2) is 43.2 Å². The number of carbonyl (C=O) groups is 2. The molecule has 0 radical (unpaired) electrons. The number of halogens is 1. The molecule has 0 spiro atoms. The van der Waals surface area contributed by atoms with Crippen molar-refractivity contribution in [1.82, 2.24) is 20.9 Å². The van der Waals surface area contributed by atoms with Crippen LogP contribution >= 0.6 is 11.6 Å². The molecule has 10 heteroatoms. The van der Waals surface area contributed by atoms with Crippen LogP contribution in [0.4, 0.5) is 10.5 Å². The average Bonchev–Trinajstić information content (AvgIpc) is 2.91. The molecule has 0 aliphatic carbocycles. The van der Waals surface area contributed by atoms with Crippen molar-refractivity contribution in [1.29, 1.82) is 0 Å². The van der Waals surface area contributed by atoms with Crippen LogP contribution in [-0.2, 0) is 6.54 Å². The molecule has 4 rings (SSSR count). The highest BCUT2D eigenvalue weighted by atomic mass is 35.5. The predicted molar refractivity (Wildman–Crippen MR) is 143 cm³/mol. The van der Waals surface area contributed by atoms with Crippen molar-refractivity contribution in [3.8, 4) is 17.2 Å². The van der Waals surface area contributed by atoms with Crippen molar-refractivity contribution < 1.29 is 19.1 Å². The van der Waals surface area contributed by atoms with Crippen molar-refractivity contribution in [2.45, 2.75) is 32.4 Å². The van der Waals surface area contributed by atoms with Crippen LogP contribution in [0.25, 0.3) is 0 Å². The number of nitrogens with zero attached hydrogens (tertiary/aromatic N) is 1. The van der Waals surface area contributed by atoms with Crippen molar-refractivity contribution in [2.75, 3.05) is 25.5 Å². The molecule has 0 unspecified atom stereocenters. The van der Waals surface area contributed by atoms with Crippen molar-refractivity contribution in [3.05, 3.63) is 76.6 Å². The first kappa shape index (κ1) is 26.2. The van der Waals surface area contributed by atoms with Gasteiger partial charge in [0.2, 0.25) is 0 Å². The summed E-state index contributed by atoms with van der Waals surface area (Å²) in [4.78, 5) is 28.4. The van der Waals surface area contributed by atoms with Crippen LogP contribution in [0.2, 0.25) is 5.02 Å². The second-order valence-electron chi connectivity index (χ2n) is 8.67. The lowest BCUT2D eigenvalue weighted by Gasteiger charge is -2.25. The number of aryl methyl sites for hydroxylation is 1. The Bertz CT molecular complexity index is 1250. The van der Waals surface area contributed by atoms with Gasteiger partial charge in [0.1, 0.15) is 29.0 Å². The molecule has 194 valence electrons. The zero-order chi connectivity index (χ0) is 26.2. The molecule has 2 heterocycles. The van der Waals surface area contributed by atoms with Crippen LogP contribution in [0.3, 0.4) is 0 Å². The van der Waals surface area contributed by atoms with Crippen molar-refractivity contribution >= 4 is 29.2 Å². The van der Waals surface area contributed by atoms with E-state index >= 15 is 0 Å². The van der Waals surface area contributed by atoms with E-state index in [1.54, 1.807) is 37.4 Å². The van der Waals surface area contributed by atoms with E-state index in [4.69, 9.17) is 21.1 Å². The van der Waals surface area contributed by atoms with Crippen molar-refractivity contribution in [3.63, 3.8) is 0 Å². The molecular formula is C27H30ClN5O4. The summed E-state index contributed by atoms with van der Waals surface area (Å²) in [5.74, 6) is 1.37. The van der Waals surface area contributed by atoms with E-state index in [0.29, 0.717) is 34.5 Å². The number of pyridine rings is 1. The number of aromatic nitrogens is 1. The van der Waals surface area contributed by atoms with Gasteiger partial charge in [-0.15, -0.1) is 0 Å². The first-order valence-electron chi connectivity index (χ1n) is 12.1. The first-order valence-corrected chi connectivity index (χ1v) is 12.5. The summed E-state index contributed by atoms with van der Waals surface area (Å²) in [5.41, 5.74) is 2.59. The lowest BCUT2D eigenvalue weighted by molar-refractivity contribution is 0.0957. The Morgan fingerprint density at radius 3 is 2.57 bits per heavy atom. The van der Waals surface area contributed by atoms with E-state index in [1.165, 1.54) is 6.20 Å². The number of ether oxygens (including phenoxy) is 2. The van der Waals surface area contributed by atoms with E-state index in [-0.39, 0.29) is 23.7 Å². The number of amides is 3. The zero-order valence-electron chi connectivity index (χ0n) is 20.8. The number of benzene rings is 2. The number of carbonyl (C=O) groups excluding carboxylic acids is 2. The highest BCUT2D eigenvalue weighted by molar-refractivity contribution is 6.31. The maximum atomic E-state index is 12.7. The molecule has 1 fully saturated rings. The number of urea groups is 1. The second-order valence-corrected chi connectivity index (χ2v) is 9.08. The maximum Gasteiger partial charge on any atom is 0.319 e. The van der Waals surface area contributed by atoms with E-state index in [2.05, 4.69) is 26.3 Å². The van der Waals surface area contributed by atoms with Gasteiger partial charge in [-0.3, -0.25) is 9.78 Å². The molecule has 37 heavy (non-hydrogen) atoms. The van der Waals surface area contributed by atoms with Crippen LogP contribution in [0.5, 0.6) is 17.2 Å². The van der Waals surface area contributed by atoms with E-state index in [0.717, 1.165) is 37.1 Å². The second kappa shape index (κ2) is 12.4. The molecule has 1 saturated heterocycles. The monoisotopic (exact) mass is 523 g/mol. The van der Waals surface area contributed by atoms with Gasteiger partial charge in [-0.2, -0.15) is 0 Å². The van der Waals surface area contributed by atoms with Gasteiger partial charge in [-0.25, -0.2) is 4.79 Å². The van der Waals surface area contributed by atoms with Crippen LogP contribution in [0.1, 0.15) is 34.5 Å². The topological polar surface area (TPSA) is 114 Å². The molecule has 0 saturated carbocycles. The van der Waals surface area contributed by atoms with Gasteiger partial charge in [-0.05, 0) is 68.2 Å². The largest absolute Gasteiger partial charge is 0.488 e. The SMILES string of the molecule is CNC(=O)c1cc(Oc2ccc(CNC(=O)Nc3cc(C)c(Cl)cc3OC3CCNCC3)cc2)ccn1. The minimum absolute atomic E-state index is 0.0758. The molecule has 0 atom stereocenters. The third kappa shape index (κ3) is 7.34. The molecule has 3 amide bonds. The molecule has 1 aliphatic rings. The normalized spacial score (nSPS) is 13.5. The minimum Gasteiger partial charge on any atom is -0.488 e. The third-order valence-corrected chi connectivity index (χ3v) is 6.30. The molecule has 1 aromatic heterocycles. The average molecular weight is 524 g/mol. The van der Waals surface area contributed by atoms with E-state index < -0.39 is 0 Å². The van der Waals surface area contributed by atoms with Crippen LogP contribution in [0, 0.1) is 6.92 Å². The summed E-state index contributed by atoms with van der Waals surface area (Å²) < 4.78 is 12.0. The summed E-state index contributed by atoms with van der Waals surface area (Å²) in [6.07, 6.45) is 3.38. The Labute approximate surface area is 220 Å². The maximum absolute atomic E-state index is 12.7. The van der Waals surface area contributed by atoms with E-state index in [1.807, 2.05) is 25.1 Å². The summed E-state index contributed by atoms with van der Waals surface area (Å²) >= 11 is 6.32. The van der Waals surface area contributed by atoms with Gasteiger partial charge in [0.05, 0.1) is 5.69 Å². The highest BCUT2D eigenvalue weighted by Gasteiger charge is 2.18. The highest BCUT2D eigenvalue weighted by Crippen LogP contribution is 2.33. The molecular weight excluding hydrogens is 494 g/mol. The van der Waals surface area contributed by atoms with Gasteiger partial charge in [-0.1, -0.05) is 23.7 Å². The Hall–Kier alpha value is -3.82. The molecule has 9 nitrogen and oxygen atoms in total. The van der Waals surface area contributed by atoms with Gasteiger partial charge in [0.25, 0.3) is 5.91 Å². The quantitative estimate of drug-likeness (QED) is 0.342. The smallest absolute Gasteiger partial charge is 0.319 e. The zero-order valence-corrected chi connectivity index (χ0v) is 21.5. The number of piperidine rings is 1. The number of rotatable bonds is 8. The summed E-state index contributed by atoms with van der Waals surface area (Å²) in [6, 6.07) is 13.8. The van der Waals surface area contributed by atoms with Crippen LogP contribution in [0.15, 0.2) is 54.7 Å². The Kier molecular flexibility index (Phi) is 8.81. The van der Waals surface area contributed by atoms with Crippen molar-refractivity contribution in [2.24, 2.45) is 0 Å². The van der Waals surface area contributed by atoms with E-state index in [9.17, 15) is 9.59 Å². The number of hydrogen-bond donors (Lipinski definition) is 4. The van der Waals surface area contributed by atoms with Gasteiger partial charge in [0.15, 0.2) is 0 Å². The summed E-state index contributed by atoms with van der Waals surface area (Å²) in [7, 11) is 1.54. The fourth-order valence-electron chi connectivity index (χ4n) is 3.84. The molecule has 3 aromatic rings. The molecule has 2 aromatic carbocycles. The minimum atomic E-state index is -0.351. The number of anilines is 1. The molecule has 1 aliphatic heterocycles. The number of nitrogens with one attached hydrogen (secondary N) is 4. The van der Waals surface area contributed by atoms with Gasteiger partial charge in [0, 0.05) is 36.9 Å². The Balaban J connectivity index is 1.33.